The van der Waals surface area contributed by atoms with Crippen molar-refractivity contribution in [2.75, 3.05) is 13.7 Å². The molecule has 0 unspecified atom stereocenters. The van der Waals surface area contributed by atoms with Gasteiger partial charge in [-0.2, -0.15) is 5.26 Å². The first-order valence-corrected chi connectivity index (χ1v) is 9.30. The van der Waals surface area contributed by atoms with Gasteiger partial charge in [-0.05, 0) is 31.4 Å². The maximum Gasteiger partial charge on any atom is 0.238 e. The maximum atomic E-state index is 12.8. The summed E-state index contributed by atoms with van der Waals surface area (Å²) in [6.07, 6.45) is 1.46. The number of nitrogens with one attached hydrogen (secondary N) is 2. The molecule has 8 heteroatoms. The molecule has 0 bridgehead atoms. The Morgan fingerprint density at radius 1 is 1.42 bits per heavy atom. The molecule has 1 aliphatic heterocycles. The molecule has 1 aromatic carbocycles. The van der Waals surface area contributed by atoms with Crippen LogP contribution in [0.5, 0.6) is 5.75 Å². The second-order valence-electron chi connectivity index (χ2n) is 6.20. The van der Waals surface area contributed by atoms with Crippen molar-refractivity contribution in [3.8, 4) is 11.8 Å². The number of methoxy groups -OCH3 is 1. The van der Waals surface area contributed by atoms with Crippen LogP contribution < -0.4 is 15.4 Å². The second kappa shape index (κ2) is 6.07. The molecule has 24 heavy (non-hydrogen) atoms. The summed E-state index contributed by atoms with van der Waals surface area (Å²) < 4.78 is 30.8. The zero-order valence-corrected chi connectivity index (χ0v) is 14.1. The third-order valence-corrected chi connectivity index (χ3v) is 6.74. The Balaban J connectivity index is 1.73. The van der Waals surface area contributed by atoms with E-state index < -0.39 is 26.7 Å². The first-order valence-electron chi connectivity index (χ1n) is 7.75. The summed E-state index contributed by atoms with van der Waals surface area (Å²) in [5.41, 5.74) is -0.752. The van der Waals surface area contributed by atoms with Crippen LogP contribution in [-0.4, -0.2) is 44.8 Å². The molecule has 0 spiro atoms. The first-order chi connectivity index (χ1) is 11.4. The lowest BCUT2D eigenvalue weighted by Crippen LogP contribution is -2.45. The van der Waals surface area contributed by atoms with Gasteiger partial charge in [0, 0.05) is 6.54 Å². The van der Waals surface area contributed by atoms with E-state index in [1.54, 1.807) is 18.2 Å². The van der Waals surface area contributed by atoms with Gasteiger partial charge in [-0.25, -0.2) is 8.42 Å². The number of rotatable bonds is 5. The fraction of sp³-hybridized carbons (Fsp3) is 0.500. The predicted octanol–water partition coefficient (Wildman–Crippen LogP) is 0.372. The van der Waals surface area contributed by atoms with Gasteiger partial charge >= 0.3 is 0 Å². The van der Waals surface area contributed by atoms with Gasteiger partial charge in [0.2, 0.25) is 5.91 Å². The number of carbonyl (C=O) groups is 1. The minimum absolute atomic E-state index is 0.135. The minimum Gasteiger partial charge on any atom is -0.495 e. The van der Waals surface area contributed by atoms with Gasteiger partial charge in [-0.1, -0.05) is 12.1 Å². The summed E-state index contributed by atoms with van der Waals surface area (Å²) >= 11 is 0. The number of nitriles is 1. The lowest BCUT2D eigenvalue weighted by atomic mass is 10.2. The molecule has 7 nitrogen and oxygen atoms in total. The van der Waals surface area contributed by atoms with E-state index in [1.165, 1.54) is 13.2 Å². The van der Waals surface area contributed by atoms with Crippen molar-refractivity contribution in [3.63, 3.8) is 0 Å². The average Bonchev–Trinajstić information content (AvgIpc) is 3.17. The highest BCUT2D eigenvalue weighted by Gasteiger charge is 2.47. The van der Waals surface area contributed by atoms with Crippen molar-refractivity contribution in [2.24, 2.45) is 0 Å². The normalized spacial score (nSPS) is 24.8. The lowest BCUT2D eigenvalue weighted by Gasteiger charge is -2.15. The summed E-state index contributed by atoms with van der Waals surface area (Å²) in [5.74, 6) is -0.0152. The van der Waals surface area contributed by atoms with Crippen LogP contribution in [0.25, 0.3) is 0 Å². The topological polar surface area (TPSA) is 108 Å². The SMILES string of the molecule is COc1ccccc1S(=O)(=O)[C@H]1CN[C@H](C(=O)NC2(C#N)CC2)C1. The molecule has 1 saturated carbocycles. The molecule has 1 amide bonds. The van der Waals surface area contributed by atoms with Crippen LogP contribution in [0.4, 0.5) is 0 Å². The molecule has 3 rings (SSSR count). The zero-order valence-electron chi connectivity index (χ0n) is 13.3. The Bertz CT molecular complexity index is 796. The van der Waals surface area contributed by atoms with Gasteiger partial charge in [0.15, 0.2) is 9.84 Å². The fourth-order valence-electron chi connectivity index (χ4n) is 2.89. The summed E-state index contributed by atoms with van der Waals surface area (Å²) in [4.78, 5) is 12.4. The third kappa shape index (κ3) is 2.97. The molecule has 0 aromatic heterocycles. The molecule has 128 valence electrons. The van der Waals surface area contributed by atoms with Gasteiger partial charge < -0.3 is 15.4 Å². The van der Waals surface area contributed by atoms with E-state index in [0.717, 1.165) is 0 Å². The number of sulfone groups is 1. The van der Waals surface area contributed by atoms with Crippen LogP contribution in [0.15, 0.2) is 29.2 Å². The number of amides is 1. The first kappa shape index (κ1) is 16.7. The Hall–Kier alpha value is -2.11. The Morgan fingerprint density at radius 3 is 2.75 bits per heavy atom. The number of para-hydroxylation sites is 1. The van der Waals surface area contributed by atoms with E-state index in [2.05, 4.69) is 16.7 Å². The monoisotopic (exact) mass is 349 g/mol. The predicted molar refractivity (Wildman–Crippen MR) is 86.1 cm³/mol. The molecule has 1 aromatic rings. The van der Waals surface area contributed by atoms with Gasteiger partial charge in [0.05, 0.1) is 24.5 Å². The van der Waals surface area contributed by atoms with Crippen LogP contribution in [0, 0.1) is 11.3 Å². The second-order valence-corrected chi connectivity index (χ2v) is 8.39. The highest BCUT2D eigenvalue weighted by molar-refractivity contribution is 7.92. The highest BCUT2D eigenvalue weighted by atomic mass is 32.2. The molecule has 1 aliphatic carbocycles. The Morgan fingerprint density at radius 2 is 2.12 bits per heavy atom. The van der Waals surface area contributed by atoms with Crippen molar-refractivity contribution in [1.82, 2.24) is 10.6 Å². The van der Waals surface area contributed by atoms with E-state index in [-0.39, 0.29) is 23.8 Å². The van der Waals surface area contributed by atoms with Gasteiger partial charge in [-0.15, -0.1) is 0 Å². The molecule has 0 radical (unpaired) electrons. The van der Waals surface area contributed by atoms with Crippen molar-refractivity contribution >= 4 is 15.7 Å². The molecule has 2 atom stereocenters. The molecule has 2 N–H and O–H groups in total. The number of hydrogen-bond acceptors (Lipinski definition) is 6. The summed E-state index contributed by atoms with van der Waals surface area (Å²) in [6.45, 7) is 0.192. The van der Waals surface area contributed by atoms with Crippen molar-refractivity contribution in [3.05, 3.63) is 24.3 Å². The van der Waals surface area contributed by atoms with E-state index in [4.69, 9.17) is 10.00 Å². The molecule has 1 saturated heterocycles. The van der Waals surface area contributed by atoms with Crippen LogP contribution in [0.2, 0.25) is 0 Å². The molecular formula is C16H19N3O4S. The Labute approximate surface area is 140 Å². The third-order valence-electron chi connectivity index (χ3n) is 4.55. The quantitative estimate of drug-likeness (QED) is 0.795. The van der Waals surface area contributed by atoms with Crippen molar-refractivity contribution in [1.29, 1.82) is 5.26 Å². The van der Waals surface area contributed by atoms with Crippen molar-refractivity contribution in [2.45, 2.75) is 41.0 Å². The summed E-state index contributed by atoms with van der Waals surface area (Å²) in [6, 6.07) is 7.95. The van der Waals surface area contributed by atoms with Crippen LogP contribution in [0.3, 0.4) is 0 Å². The number of carbonyl (C=O) groups excluding carboxylic acids is 1. The van der Waals surface area contributed by atoms with Gasteiger partial charge in [0.1, 0.15) is 16.2 Å². The van der Waals surface area contributed by atoms with E-state index >= 15 is 0 Å². The average molecular weight is 349 g/mol. The van der Waals surface area contributed by atoms with Crippen LogP contribution in [-0.2, 0) is 14.6 Å². The lowest BCUT2D eigenvalue weighted by molar-refractivity contribution is -0.123. The van der Waals surface area contributed by atoms with Crippen LogP contribution >= 0.6 is 0 Å². The zero-order chi connectivity index (χ0) is 17.4. The number of hydrogen-bond donors (Lipinski definition) is 2. The maximum absolute atomic E-state index is 12.8. The smallest absolute Gasteiger partial charge is 0.238 e. The number of ether oxygens (including phenoxy) is 1. The standard InChI is InChI=1S/C16H19N3O4S/c1-23-13-4-2-3-5-14(13)24(21,22)11-8-12(18-9-11)15(20)19-16(10-17)6-7-16/h2-5,11-12,18H,6-9H2,1H3,(H,19,20)/t11-,12+/m1/s1. The van der Waals surface area contributed by atoms with E-state index in [1.807, 2.05) is 0 Å². The van der Waals surface area contributed by atoms with Crippen LogP contribution in [0.1, 0.15) is 19.3 Å². The highest BCUT2D eigenvalue weighted by Crippen LogP contribution is 2.35. The molecule has 2 aliphatic rings. The number of benzene rings is 1. The fourth-order valence-corrected chi connectivity index (χ4v) is 4.71. The van der Waals surface area contributed by atoms with Crippen molar-refractivity contribution < 1.29 is 17.9 Å². The molecular weight excluding hydrogens is 330 g/mol. The molecule has 2 fully saturated rings. The van der Waals surface area contributed by atoms with E-state index in [0.29, 0.717) is 18.6 Å². The van der Waals surface area contributed by atoms with Gasteiger partial charge in [0.25, 0.3) is 0 Å². The number of nitrogens with zero attached hydrogens (tertiary/aromatic N) is 1. The largest absolute Gasteiger partial charge is 0.495 e. The molecule has 1 heterocycles. The summed E-state index contributed by atoms with van der Waals surface area (Å²) in [5, 5.41) is 14.0. The minimum atomic E-state index is -3.61. The van der Waals surface area contributed by atoms with Gasteiger partial charge in [-0.3, -0.25) is 4.79 Å². The van der Waals surface area contributed by atoms with E-state index in [9.17, 15) is 13.2 Å². The summed E-state index contributed by atoms with van der Waals surface area (Å²) in [7, 11) is -2.19. The Kier molecular flexibility index (Phi) is 4.24.